The Morgan fingerprint density at radius 2 is 1.76 bits per heavy atom. The molecule has 0 aliphatic rings. The minimum atomic E-state index is -0.572. The first-order valence-corrected chi connectivity index (χ1v) is 13.0. The van der Waals surface area contributed by atoms with Gasteiger partial charge < -0.3 is 9.47 Å². The molecule has 0 fully saturated rings. The Bertz CT molecular complexity index is 1420. The molecule has 3 aromatic carbocycles. The van der Waals surface area contributed by atoms with Crippen molar-refractivity contribution in [1.82, 2.24) is 14.8 Å². The molecule has 0 bridgehead atoms. The van der Waals surface area contributed by atoms with E-state index >= 15 is 0 Å². The molecule has 1 heterocycles. The van der Waals surface area contributed by atoms with E-state index in [-0.39, 0.29) is 18.1 Å². The summed E-state index contributed by atoms with van der Waals surface area (Å²) in [6.07, 6.45) is 0. The number of ether oxygens (including phenoxy) is 2. The number of aryl methyl sites for hydroxylation is 1. The summed E-state index contributed by atoms with van der Waals surface area (Å²) in [5.41, 5.74) is 2.30. The number of aromatic nitrogens is 3. The average molecular weight is 580 g/mol. The van der Waals surface area contributed by atoms with E-state index in [1.165, 1.54) is 11.8 Å². The molecular weight excluding hydrogens is 559 g/mol. The maximum atomic E-state index is 11.5. The Labute approximate surface area is 232 Å². The van der Waals surface area contributed by atoms with Crippen LogP contribution in [0.3, 0.4) is 0 Å². The van der Waals surface area contributed by atoms with Gasteiger partial charge in [0.1, 0.15) is 29.2 Å². The number of nitro groups is 1. The number of benzene rings is 3. The third kappa shape index (κ3) is 6.67. The van der Waals surface area contributed by atoms with E-state index in [1.54, 1.807) is 43.5 Å². The average Bonchev–Trinajstić information content (AvgIpc) is 3.24. The van der Waals surface area contributed by atoms with E-state index in [1.807, 2.05) is 35.8 Å². The zero-order valence-corrected chi connectivity index (χ0v) is 22.8. The summed E-state index contributed by atoms with van der Waals surface area (Å²) in [7, 11) is 1.59. The van der Waals surface area contributed by atoms with Crippen molar-refractivity contribution in [3.8, 4) is 17.2 Å². The van der Waals surface area contributed by atoms with Gasteiger partial charge in [-0.3, -0.25) is 14.7 Å². The number of hydrogen-bond acceptors (Lipinski definition) is 7. The third-order valence-corrected chi connectivity index (χ3v) is 7.61. The highest BCUT2D eigenvalue weighted by atomic mass is 35.5. The van der Waals surface area contributed by atoms with Gasteiger partial charge in [-0.05, 0) is 66.6 Å². The summed E-state index contributed by atoms with van der Waals surface area (Å²) in [6.45, 7) is 1.72. The van der Waals surface area contributed by atoms with Crippen LogP contribution in [0.1, 0.15) is 22.2 Å². The van der Waals surface area contributed by atoms with Crippen LogP contribution in [0.2, 0.25) is 15.1 Å². The molecule has 0 saturated heterocycles. The Balaban J connectivity index is 1.56. The molecule has 192 valence electrons. The van der Waals surface area contributed by atoms with Crippen molar-refractivity contribution >= 4 is 46.6 Å². The molecule has 0 radical (unpaired) electrons. The lowest BCUT2D eigenvalue weighted by Crippen LogP contribution is -2.11. The highest BCUT2D eigenvalue weighted by Gasteiger charge is 2.24. The van der Waals surface area contributed by atoms with E-state index < -0.39 is 5.25 Å². The number of methoxy groups -OCH3 is 1. The maximum Gasteiger partial charge on any atom is 0.220 e. The molecule has 0 amide bonds. The van der Waals surface area contributed by atoms with Gasteiger partial charge >= 0.3 is 0 Å². The highest BCUT2D eigenvalue weighted by molar-refractivity contribution is 7.99. The van der Waals surface area contributed by atoms with Gasteiger partial charge in [0, 0.05) is 10.6 Å². The van der Waals surface area contributed by atoms with Gasteiger partial charge in [0.05, 0.1) is 22.2 Å². The van der Waals surface area contributed by atoms with E-state index in [2.05, 4.69) is 10.2 Å². The summed E-state index contributed by atoms with van der Waals surface area (Å²) >= 11 is 19.8. The largest absolute Gasteiger partial charge is 0.497 e. The zero-order chi connectivity index (χ0) is 26.5. The predicted molar refractivity (Wildman–Crippen MR) is 145 cm³/mol. The number of nitrogens with zero attached hydrogens (tertiary/aromatic N) is 4. The van der Waals surface area contributed by atoms with Crippen molar-refractivity contribution in [3.63, 3.8) is 0 Å². The first kappa shape index (κ1) is 27.1. The van der Waals surface area contributed by atoms with Crippen LogP contribution in [0.5, 0.6) is 11.5 Å². The van der Waals surface area contributed by atoms with Crippen molar-refractivity contribution in [1.29, 1.82) is 0 Å². The lowest BCUT2D eigenvalue weighted by Gasteiger charge is -2.16. The summed E-state index contributed by atoms with van der Waals surface area (Å²) in [6, 6.07) is 17.8. The fourth-order valence-corrected chi connectivity index (χ4v) is 5.27. The van der Waals surface area contributed by atoms with Gasteiger partial charge in [-0.25, -0.2) is 0 Å². The second-order valence-electron chi connectivity index (χ2n) is 7.91. The Hall–Kier alpha value is -2.98. The minimum Gasteiger partial charge on any atom is -0.497 e. The molecule has 0 aliphatic carbocycles. The lowest BCUT2D eigenvalue weighted by atomic mass is 10.1. The molecule has 0 unspecified atom stereocenters. The molecule has 1 atom stereocenters. The van der Waals surface area contributed by atoms with E-state index in [0.29, 0.717) is 43.1 Å². The van der Waals surface area contributed by atoms with Gasteiger partial charge in [-0.15, -0.1) is 10.2 Å². The van der Waals surface area contributed by atoms with Crippen LogP contribution < -0.4 is 9.47 Å². The second kappa shape index (κ2) is 12.0. The number of thioether (sulfide) groups is 1. The van der Waals surface area contributed by atoms with Crippen LogP contribution in [-0.4, -0.2) is 33.3 Å². The summed E-state index contributed by atoms with van der Waals surface area (Å²) in [4.78, 5) is 11.2. The van der Waals surface area contributed by atoms with Crippen molar-refractivity contribution in [2.24, 2.45) is 0 Å². The first-order valence-electron chi connectivity index (χ1n) is 11.0. The van der Waals surface area contributed by atoms with Crippen molar-refractivity contribution in [3.05, 3.63) is 103 Å². The SMILES string of the molecule is COc1ccc(-n2c(C)nnc2S[C@@H](C[N+](=O)[O-])c2ccc(OCc3ccc(Cl)c(Cl)c3)c(Cl)c2)cc1. The van der Waals surface area contributed by atoms with E-state index in [9.17, 15) is 10.1 Å². The van der Waals surface area contributed by atoms with Crippen molar-refractivity contribution in [2.75, 3.05) is 13.7 Å². The molecule has 8 nitrogen and oxygen atoms in total. The fourth-order valence-electron chi connectivity index (χ4n) is 3.55. The maximum absolute atomic E-state index is 11.5. The lowest BCUT2D eigenvalue weighted by molar-refractivity contribution is -0.479. The molecule has 4 aromatic rings. The minimum absolute atomic E-state index is 0.229. The fraction of sp³-hybridized carbons (Fsp3) is 0.200. The van der Waals surface area contributed by atoms with Crippen LogP contribution in [0.25, 0.3) is 5.69 Å². The molecular formula is C25H21Cl3N4O4S. The smallest absolute Gasteiger partial charge is 0.220 e. The molecule has 0 aliphatic heterocycles. The number of halogens is 3. The standard InChI is InChI=1S/C25H21Cl3N4O4S/c1-15-29-30-25(32(15)18-5-7-19(35-2)8-6-18)37-24(13-31(33)34)17-4-10-23(22(28)12-17)36-14-16-3-9-20(26)21(27)11-16/h3-12,24H,13-14H2,1-2H3/t24-/m0/s1. The topological polar surface area (TPSA) is 92.3 Å². The number of hydrogen-bond donors (Lipinski definition) is 0. The van der Waals surface area contributed by atoms with E-state index in [0.717, 1.165) is 11.3 Å². The van der Waals surface area contributed by atoms with Gasteiger partial charge in [-0.1, -0.05) is 58.7 Å². The molecule has 4 rings (SSSR count). The highest BCUT2D eigenvalue weighted by Crippen LogP contribution is 2.39. The monoisotopic (exact) mass is 578 g/mol. The molecule has 0 saturated carbocycles. The van der Waals surface area contributed by atoms with Crippen LogP contribution in [0.4, 0.5) is 0 Å². The third-order valence-electron chi connectivity index (χ3n) is 5.39. The van der Waals surface area contributed by atoms with Gasteiger partial charge in [-0.2, -0.15) is 0 Å². The molecule has 0 spiro atoms. The summed E-state index contributed by atoms with van der Waals surface area (Å²) < 4.78 is 12.9. The van der Waals surface area contributed by atoms with Gasteiger partial charge in [0.15, 0.2) is 5.16 Å². The van der Waals surface area contributed by atoms with Crippen LogP contribution >= 0.6 is 46.6 Å². The summed E-state index contributed by atoms with van der Waals surface area (Å²) in [5.74, 6) is 1.81. The van der Waals surface area contributed by atoms with Crippen LogP contribution in [0.15, 0.2) is 65.8 Å². The molecule has 37 heavy (non-hydrogen) atoms. The van der Waals surface area contributed by atoms with E-state index in [4.69, 9.17) is 44.3 Å². The van der Waals surface area contributed by atoms with Gasteiger partial charge in [0.2, 0.25) is 6.54 Å². The Morgan fingerprint density at radius 1 is 1.00 bits per heavy atom. The van der Waals surface area contributed by atoms with Crippen molar-refractivity contribution < 1.29 is 14.4 Å². The van der Waals surface area contributed by atoms with Crippen LogP contribution in [0, 0.1) is 17.0 Å². The van der Waals surface area contributed by atoms with Crippen LogP contribution in [-0.2, 0) is 6.61 Å². The second-order valence-corrected chi connectivity index (χ2v) is 10.3. The Kier molecular flexibility index (Phi) is 8.81. The molecule has 12 heteroatoms. The molecule has 0 N–H and O–H groups in total. The van der Waals surface area contributed by atoms with Crippen molar-refractivity contribution in [2.45, 2.75) is 23.9 Å². The van der Waals surface area contributed by atoms with Gasteiger partial charge in [0.25, 0.3) is 0 Å². The quantitative estimate of drug-likeness (QED) is 0.111. The number of rotatable bonds is 10. The summed E-state index contributed by atoms with van der Waals surface area (Å²) in [5, 5.41) is 21.1. The molecule has 1 aromatic heterocycles. The zero-order valence-electron chi connectivity index (χ0n) is 19.7. The first-order chi connectivity index (χ1) is 17.7. The normalized spacial score (nSPS) is 11.8. The predicted octanol–water partition coefficient (Wildman–Crippen LogP) is 7.23. The Morgan fingerprint density at radius 3 is 2.41 bits per heavy atom.